The topological polar surface area (TPSA) is 57.2 Å². The van der Waals surface area contributed by atoms with Crippen molar-refractivity contribution < 1.29 is 24.1 Å². The van der Waals surface area contributed by atoms with Crippen LogP contribution in [0.2, 0.25) is 0 Å². The molecule has 5 heteroatoms. The number of ether oxygens (including phenoxy) is 4. The molecule has 146 valence electrons. The summed E-state index contributed by atoms with van der Waals surface area (Å²) in [7, 11) is 0. The molecule has 0 aliphatic carbocycles. The van der Waals surface area contributed by atoms with Gasteiger partial charge in [0.15, 0.2) is 0 Å². The molecule has 0 aliphatic heterocycles. The Kier molecular flexibility index (Phi) is 15.0. The molecule has 0 bridgehead atoms. The van der Waals surface area contributed by atoms with Crippen molar-refractivity contribution in [2.45, 2.75) is 97.7 Å². The molecule has 0 fully saturated rings. The van der Waals surface area contributed by atoms with E-state index in [1.54, 1.807) is 6.92 Å². The third-order valence-electron chi connectivity index (χ3n) is 3.68. The summed E-state index contributed by atoms with van der Waals surface area (Å²) in [6, 6.07) is 0. The highest BCUT2D eigenvalue weighted by atomic mass is 16.6. The molecule has 0 spiro atoms. The summed E-state index contributed by atoms with van der Waals surface area (Å²) in [5.41, 5.74) is 0. The van der Waals surface area contributed by atoms with Gasteiger partial charge in [-0.15, -0.1) is 0 Å². The van der Waals surface area contributed by atoms with Crippen LogP contribution in [0.1, 0.15) is 67.2 Å². The zero-order valence-electron chi connectivity index (χ0n) is 16.6. The number of unbranched alkanes of at least 4 members (excludes halogenated alkanes) is 2. The van der Waals surface area contributed by atoms with Crippen LogP contribution in [0.4, 0.5) is 0 Å². The molecule has 0 heterocycles. The number of aliphatic hydroxyl groups excluding tert-OH is 1. The van der Waals surface area contributed by atoms with Crippen LogP contribution in [0.25, 0.3) is 0 Å². The predicted molar refractivity (Wildman–Crippen MR) is 97.5 cm³/mol. The van der Waals surface area contributed by atoms with E-state index in [0.717, 1.165) is 6.42 Å². The van der Waals surface area contributed by atoms with Gasteiger partial charge in [-0.25, -0.2) is 0 Å². The fourth-order valence-corrected chi connectivity index (χ4v) is 2.11. The standard InChI is InChI=1S/C19H40O5/c1-7-8-9-10-16(3)22-12-18(5)24-14-19(6)23-13-17(4)21-11-15(2)20/h15-20H,7-14H2,1-6H3. The molecular formula is C19H40O5. The number of hydrogen-bond donors (Lipinski definition) is 1. The summed E-state index contributed by atoms with van der Waals surface area (Å²) in [4.78, 5) is 0. The van der Waals surface area contributed by atoms with Gasteiger partial charge in [0.1, 0.15) is 0 Å². The lowest BCUT2D eigenvalue weighted by Crippen LogP contribution is -2.28. The van der Waals surface area contributed by atoms with Crippen LogP contribution in [-0.2, 0) is 18.9 Å². The van der Waals surface area contributed by atoms with Gasteiger partial charge in [0.25, 0.3) is 0 Å². The van der Waals surface area contributed by atoms with Crippen molar-refractivity contribution in [3.8, 4) is 0 Å². The minimum Gasteiger partial charge on any atom is -0.391 e. The van der Waals surface area contributed by atoms with Crippen LogP contribution >= 0.6 is 0 Å². The Morgan fingerprint density at radius 3 is 1.46 bits per heavy atom. The zero-order valence-corrected chi connectivity index (χ0v) is 16.6. The van der Waals surface area contributed by atoms with E-state index < -0.39 is 6.10 Å². The van der Waals surface area contributed by atoms with Crippen molar-refractivity contribution in [3.63, 3.8) is 0 Å². The van der Waals surface area contributed by atoms with Crippen LogP contribution < -0.4 is 0 Å². The molecular weight excluding hydrogens is 308 g/mol. The Morgan fingerprint density at radius 1 is 0.625 bits per heavy atom. The van der Waals surface area contributed by atoms with E-state index >= 15 is 0 Å². The maximum Gasteiger partial charge on any atom is 0.0781 e. The van der Waals surface area contributed by atoms with Gasteiger partial charge in [0, 0.05) is 0 Å². The summed E-state index contributed by atoms with van der Waals surface area (Å²) in [5.74, 6) is 0. The largest absolute Gasteiger partial charge is 0.391 e. The van der Waals surface area contributed by atoms with Gasteiger partial charge in [-0.1, -0.05) is 26.2 Å². The molecule has 0 aromatic carbocycles. The first-order valence-corrected chi connectivity index (χ1v) is 9.49. The molecule has 0 aromatic heterocycles. The Morgan fingerprint density at radius 2 is 1.04 bits per heavy atom. The SMILES string of the molecule is CCCCCC(C)OCC(C)OCC(C)OCC(C)OCC(C)O. The summed E-state index contributed by atoms with van der Waals surface area (Å²) < 4.78 is 22.8. The molecule has 0 saturated carbocycles. The quantitative estimate of drug-likeness (QED) is 0.432. The third kappa shape index (κ3) is 15.3. The Labute approximate surface area is 149 Å². The molecule has 0 saturated heterocycles. The van der Waals surface area contributed by atoms with E-state index in [2.05, 4.69) is 13.8 Å². The average molecular weight is 349 g/mol. The smallest absolute Gasteiger partial charge is 0.0781 e. The van der Waals surface area contributed by atoms with Crippen molar-refractivity contribution >= 4 is 0 Å². The fourth-order valence-electron chi connectivity index (χ4n) is 2.11. The molecule has 24 heavy (non-hydrogen) atoms. The summed E-state index contributed by atoms with van der Waals surface area (Å²) >= 11 is 0. The van der Waals surface area contributed by atoms with Gasteiger partial charge in [-0.05, 0) is 41.0 Å². The van der Waals surface area contributed by atoms with E-state index in [4.69, 9.17) is 18.9 Å². The molecule has 0 rings (SSSR count). The fraction of sp³-hybridized carbons (Fsp3) is 1.00. The van der Waals surface area contributed by atoms with E-state index in [1.165, 1.54) is 19.3 Å². The lowest BCUT2D eigenvalue weighted by Gasteiger charge is -2.21. The van der Waals surface area contributed by atoms with Crippen LogP contribution in [0, 0.1) is 0 Å². The third-order valence-corrected chi connectivity index (χ3v) is 3.68. The highest BCUT2D eigenvalue weighted by Crippen LogP contribution is 2.08. The molecule has 1 N–H and O–H groups in total. The Hall–Kier alpha value is -0.200. The summed E-state index contributed by atoms with van der Waals surface area (Å²) in [5, 5.41) is 9.18. The Bertz CT molecular complexity index is 272. The highest BCUT2D eigenvalue weighted by Gasteiger charge is 2.11. The van der Waals surface area contributed by atoms with Gasteiger partial charge in [0.05, 0.1) is 56.9 Å². The number of aliphatic hydroxyl groups is 1. The van der Waals surface area contributed by atoms with Gasteiger partial charge in [0.2, 0.25) is 0 Å². The second-order valence-electron chi connectivity index (χ2n) is 6.92. The molecule has 0 aliphatic rings. The first kappa shape index (κ1) is 23.8. The van der Waals surface area contributed by atoms with Crippen LogP contribution in [0.3, 0.4) is 0 Å². The van der Waals surface area contributed by atoms with Crippen molar-refractivity contribution in [2.24, 2.45) is 0 Å². The highest BCUT2D eigenvalue weighted by molar-refractivity contribution is 4.57. The maximum absolute atomic E-state index is 9.18. The van der Waals surface area contributed by atoms with E-state index in [-0.39, 0.29) is 18.3 Å². The van der Waals surface area contributed by atoms with E-state index in [0.29, 0.717) is 32.5 Å². The normalized spacial score (nSPS) is 18.1. The maximum atomic E-state index is 9.18. The zero-order chi connectivity index (χ0) is 18.4. The van der Waals surface area contributed by atoms with Gasteiger partial charge >= 0.3 is 0 Å². The molecule has 5 unspecified atom stereocenters. The van der Waals surface area contributed by atoms with E-state index in [1.807, 2.05) is 20.8 Å². The molecule has 0 amide bonds. The van der Waals surface area contributed by atoms with Crippen LogP contribution in [-0.4, -0.2) is 62.1 Å². The molecule has 5 atom stereocenters. The van der Waals surface area contributed by atoms with Crippen molar-refractivity contribution in [1.82, 2.24) is 0 Å². The van der Waals surface area contributed by atoms with Crippen molar-refractivity contribution in [3.05, 3.63) is 0 Å². The monoisotopic (exact) mass is 348 g/mol. The first-order chi connectivity index (χ1) is 11.3. The van der Waals surface area contributed by atoms with Crippen molar-refractivity contribution in [2.75, 3.05) is 26.4 Å². The van der Waals surface area contributed by atoms with Crippen LogP contribution in [0.5, 0.6) is 0 Å². The van der Waals surface area contributed by atoms with Gasteiger partial charge < -0.3 is 24.1 Å². The number of hydrogen-bond acceptors (Lipinski definition) is 5. The van der Waals surface area contributed by atoms with Gasteiger partial charge in [-0.2, -0.15) is 0 Å². The second-order valence-corrected chi connectivity index (χ2v) is 6.92. The lowest BCUT2D eigenvalue weighted by atomic mass is 10.1. The molecule has 0 radical (unpaired) electrons. The van der Waals surface area contributed by atoms with Gasteiger partial charge in [-0.3, -0.25) is 0 Å². The van der Waals surface area contributed by atoms with Crippen molar-refractivity contribution in [1.29, 1.82) is 0 Å². The Balaban J connectivity index is 3.65. The lowest BCUT2D eigenvalue weighted by molar-refractivity contribution is -0.0914. The second kappa shape index (κ2) is 15.1. The summed E-state index contributed by atoms with van der Waals surface area (Å²) in [6.07, 6.45) is 4.74. The molecule has 5 nitrogen and oxygen atoms in total. The van der Waals surface area contributed by atoms with Crippen LogP contribution in [0.15, 0.2) is 0 Å². The minimum atomic E-state index is -0.446. The average Bonchev–Trinajstić information content (AvgIpc) is 2.54. The summed E-state index contributed by atoms with van der Waals surface area (Å²) in [6.45, 7) is 14.0. The first-order valence-electron chi connectivity index (χ1n) is 9.49. The predicted octanol–water partition coefficient (Wildman–Crippen LogP) is 3.57. The molecule has 0 aromatic rings. The van der Waals surface area contributed by atoms with E-state index in [9.17, 15) is 5.11 Å². The number of rotatable bonds is 16. The minimum absolute atomic E-state index is 0.00651.